The maximum atomic E-state index is 5.89. The maximum absolute atomic E-state index is 5.89. The molecule has 0 radical (unpaired) electrons. The van der Waals surface area contributed by atoms with Crippen LogP contribution in [0.2, 0.25) is 0 Å². The number of aryl methyl sites for hydroxylation is 1. The molecule has 1 aromatic rings. The Labute approximate surface area is 102 Å². The second kappa shape index (κ2) is 5.31. The lowest BCUT2D eigenvalue weighted by atomic mass is 10.3. The summed E-state index contributed by atoms with van der Waals surface area (Å²) in [7, 11) is 0. The molecule has 0 spiro atoms. The number of hydrogen-bond donors (Lipinski definition) is 1. The fourth-order valence-electron chi connectivity index (χ4n) is 1.92. The van der Waals surface area contributed by atoms with Crippen molar-refractivity contribution in [2.24, 2.45) is 5.73 Å². The lowest BCUT2D eigenvalue weighted by Gasteiger charge is -2.16. The van der Waals surface area contributed by atoms with Crippen molar-refractivity contribution in [1.29, 1.82) is 0 Å². The number of ether oxygens (including phenoxy) is 1. The van der Waals surface area contributed by atoms with Gasteiger partial charge in [-0.3, -0.25) is 0 Å². The summed E-state index contributed by atoms with van der Waals surface area (Å²) in [6.45, 7) is 6.48. The first-order chi connectivity index (χ1) is 8.19. The van der Waals surface area contributed by atoms with Gasteiger partial charge in [0.15, 0.2) is 0 Å². The van der Waals surface area contributed by atoms with Crippen LogP contribution in [-0.2, 0) is 0 Å². The van der Waals surface area contributed by atoms with Crippen LogP contribution in [-0.4, -0.2) is 35.7 Å². The largest absolute Gasteiger partial charge is 0.478 e. The number of aromatic nitrogens is 2. The molecule has 0 bridgehead atoms. The Morgan fingerprint density at radius 1 is 1.53 bits per heavy atom. The number of anilines is 1. The van der Waals surface area contributed by atoms with E-state index < -0.39 is 0 Å². The van der Waals surface area contributed by atoms with Crippen LogP contribution in [0.3, 0.4) is 0 Å². The van der Waals surface area contributed by atoms with Gasteiger partial charge in [0.2, 0.25) is 11.8 Å². The Hall–Kier alpha value is -1.36. The van der Waals surface area contributed by atoms with E-state index >= 15 is 0 Å². The van der Waals surface area contributed by atoms with E-state index in [0.29, 0.717) is 12.5 Å². The molecule has 1 atom stereocenters. The van der Waals surface area contributed by atoms with Gasteiger partial charge in [-0.05, 0) is 19.8 Å². The van der Waals surface area contributed by atoms with Gasteiger partial charge in [-0.1, -0.05) is 6.92 Å². The highest BCUT2D eigenvalue weighted by molar-refractivity contribution is 5.36. The molecule has 1 saturated heterocycles. The molecule has 0 aliphatic carbocycles. The summed E-state index contributed by atoms with van der Waals surface area (Å²) < 4.78 is 5.55. The fraction of sp³-hybridized carbons (Fsp3) is 0.667. The zero-order chi connectivity index (χ0) is 12.3. The Balaban J connectivity index is 2.13. The van der Waals surface area contributed by atoms with Crippen LogP contribution in [0.25, 0.3) is 0 Å². The molecular weight excluding hydrogens is 216 g/mol. The number of nitrogens with zero attached hydrogens (tertiary/aromatic N) is 3. The van der Waals surface area contributed by atoms with Crippen molar-refractivity contribution in [3.05, 3.63) is 11.8 Å². The SMILES string of the molecule is CCCOc1cc(C)nc(N2CCC(N)C2)n1. The van der Waals surface area contributed by atoms with E-state index in [1.54, 1.807) is 0 Å². The van der Waals surface area contributed by atoms with Gasteiger partial charge in [0, 0.05) is 30.9 Å². The third-order valence-corrected chi connectivity index (χ3v) is 2.78. The first-order valence-electron chi connectivity index (χ1n) is 6.18. The Bertz CT molecular complexity index is 383. The highest BCUT2D eigenvalue weighted by Crippen LogP contribution is 2.19. The lowest BCUT2D eigenvalue weighted by molar-refractivity contribution is 0.304. The monoisotopic (exact) mass is 236 g/mol. The summed E-state index contributed by atoms with van der Waals surface area (Å²) in [5.41, 5.74) is 6.82. The first kappa shape index (κ1) is 12.1. The standard InChI is InChI=1S/C12H20N4O/c1-3-6-17-11-7-9(2)14-12(15-11)16-5-4-10(13)8-16/h7,10H,3-6,8,13H2,1-2H3. The van der Waals surface area contributed by atoms with Gasteiger partial charge in [0.25, 0.3) is 0 Å². The van der Waals surface area contributed by atoms with Crippen molar-refractivity contribution in [3.8, 4) is 5.88 Å². The van der Waals surface area contributed by atoms with Crippen molar-refractivity contribution in [3.63, 3.8) is 0 Å². The van der Waals surface area contributed by atoms with Gasteiger partial charge in [-0.2, -0.15) is 4.98 Å². The quantitative estimate of drug-likeness (QED) is 0.848. The molecule has 0 aromatic carbocycles. The topological polar surface area (TPSA) is 64.3 Å². The third kappa shape index (κ3) is 3.06. The van der Waals surface area contributed by atoms with Crippen molar-refractivity contribution in [2.75, 3.05) is 24.6 Å². The number of rotatable bonds is 4. The van der Waals surface area contributed by atoms with Crippen molar-refractivity contribution in [1.82, 2.24) is 9.97 Å². The highest BCUT2D eigenvalue weighted by Gasteiger charge is 2.21. The molecule has 5 heteroatoms. The van der Waals surface area contributed by atoms with Crippen LogP contribution in [0.1, 0.15) is 25.5 Å². The summed E-state index contributed by atoms with van der Waals surface area (Å²) in [5, 5.41) is 0. The van der Waals surface area contributed by atoms with E-state index in [1.165, 1.54) is 0 Å². The third-order valence-electron chi connectivity index (χ3n) is 2.78. The van der Waals surface area contributed by atoms with E-state index in [4.69, 9.17) is 10.5 Å². The molecule has 2 rings (SSSR count). The number of nitrogens with two attached hydrogens (primary N) is 1. The van der Waals surface area contributed by atoms with Gasteiger partial charge >= 0.3 is 0 Å². The zero-order valence-electron chi connectivity index (χ0n) is 10.5. The molecule has 2 N–H and O–H groups in total. The molecule has 1 aliphatic heterocycles. The minimum atomic E-state index is 0.235. The van der Waals surface area contributed by atoms with Gasteiger partial charge in [-0.15, -0.1) is 0 Å². The van der Waals surface area contributed by atoms with Crippen LogP contribution in [0.5, 0.6) is 5.88 Å². The molecule has 1 unspecified atom stereocenters. The van der Waals surface area contributed by atoms with Crippen LogP contribution < -0.4 is 15.4 Å². The predicted molar refractivity (Wildman–Crippen MR) is 67.4 cm³/mol. The van der Waals surface area contributed by atoms with Crippen LogP contribution >= 0.6 is 0 Å². The van der Waals surface area contributed by atoms with E-state index in [1.807, 2.05) is 13.0 Å². The Morgan fingerprint density at radius 2 is 2.35 bits per heavy atom. The first-order valence-corrected chi connectivity index (χ1v) is 6.18. The summed E-state index contributed by atoms with van der Waals surface area (Å²) in [6, 6.07) is 2.11. The van der Waals surface area contributed by atoms with Crippen LogP contribution in [0.15, 0.2) is 6.07 Å². The van der Waals surface area contributed by atoms with Gasteiger partial charge < -0.3 is 15.4 Å². The predicted octanol–water partition coefficient (Wildman–Crippen LogP) is 1.11. The average molecular weight is 236 g/mol. The maximum Gasteiger partial charge on any atom is 0.228 e. The Kier molecular flexibility index (Phi) is 3.78. The molecule has 1 aromatic heterocycles. The molecule has 94 valence electrons. The second-order valence-electron chi connectivity index (χ2n) is 4.49. The molecule has 1 aliphatic rings. The van der Waals surface area contributed by atoms with Crippen LogP contribution in [0.4, 0.5) is 5.95 Å². The summed E-state index contributed by atoms with van der Waals surface area (Å²) >= 11 is 0. The summed E-state index contributed by atoms with van der Waals surface area (Å²) in [5.74, 6) is 1.40. The van der Waals surface area contributed by atoms with E-state index in [2.05, 4.69) is 21.8 Å². The van der Waals surface area contributed by atoms with Crippen molar-refractivity contribution < 1.29 is 4.74 Å². The minimum Gasteiger partial charge on any atom is -0.478 e. The Morgan fingerprint density at radius 3 is 3.00 bits per heavy atom. The molecule has 5 nitrogen and oxygen atoms in total. The van der Waals surface area contributed by atoms with Gasteiger partial charge in [0.05, 0.1) is 6.61 Å². The summed E-state index contributed by atoms with van der Waals surface area (Å²) in [6.07, 6.45) is 1.98. The normalized spacial score (nSPS) is 19.7. The molecular formula is C12H20N4O. The molecule has 17 heavy (non-hydrogen) atoms. The van der Waals surface area contributed by atoms with Crippen molar-refractivity contribution >= 4 is 5.95 Å². The average Bonchev–Trinajstić information content (AvgIpc) is 2.72. The van der Waals surface area contributed by atoms with E-state index in [9.17, 15) is 0 Å². The van der Waals surface area contributed by atoms with E-state index in [0.717, 1.165) is 37.6 Å². The highest BCUT2D eigenvalue weighted by atomic mass is 16.5. The van der Waals surface area contributed by atoms with Gasteiger partial charge in [-0.25, -0.2) is 4.98 Å². The zero-order valence-corrected chi connectivity index (χ0v) is 10.5. The number of hydrogen-bond acceptors (Lipinski definition) is 5. The lowest BCUT2D eigenvalue weighted by Crippen LogP contribution is -2.27. The summed E-state index contributed by atoms with van der Waals surface area (Å²) in [4.78, 5) is 11.0. The molecule has 2 heterocycles. The molecule has 0 saturated carbocycles. The second-order valence-corrected chi connectivity index (χ2v) is 4.49. The fourth-order valence-corrected chi connectivity index (χ4v) is 1.92. The van der Waals surface area contributed by atoms with Crippen molar-refractivity contribution in [2.45, 2.75) is 32.7 Å². The van der Waals surface area contributed by atoms with Crippen LogP contribution in [0, 0.1) is 6.92 Å². The van der Waals surface area contributed by atoms with E-state index in [-0.39, 0.29) is 6.04 Å². The molecule has 0 amide bonds. The van der Waals surface area contributed by atoms with Gasteiger partial charge in [0.1, 0.15) is 0 Å². The minimum absolute atomic E-state index is 0.235. The smallest absolute Gasteiger partial charge is 0.228 e. The molecule has 1 fully saturated rings.